The number of aryl methyl sites for hydroxylation is 1. The van der Waals surface area contributed by atoms with E-state index in [1.54, 1.807) is 12.1 Å². The first-order chi connectivity index (χ1) is 15.0. The zero-order valence-corrected chi connectivity index (χ0v) is 19.9. The first-order valence-corrected chi connectivity index (χ1v) is 10.9. The number of carbonyl (C=O) groups excluding carboxylic acids is 2. The summed E-state index contributed by atoms with van der Waals surface area (Å²) in [6.45, 7) is 7.35. The molecule has 0 aliphatic heterocycles. The number of carbonyl (C=O) groups is 2. The third kappa shape index (κ3) is 6.03. The Balaban J connectivity index is 1.67. The molecule has 1 aromatic carbocycles. The van der Waals surface area contributed by atoms with Crippen LogP contribution in [0, 0.1) is 6.92 Å². The summed E-state index contributed by atoms with van der Waals surface area (Å²) in [4.78, 5) is 24.8. The number of furan rings is 1. The average Bonchev–Trinajstić information content (AvgIpc) is 3.06. The molecule has 0 saturated heterocycles. The van der Waals surface area contributed by atoms with Crippen LogP contribution in [-0.2, 0) is 11.2 Å². The number of hydrazine groups is 1. The van der Waals surface area contributed by atoms with Gasteiger partial charge in [0.25, 0.3) is 5.91 Å². The number of nitrogens with one attached hydrogen (secondary N) is 3. The molecule has 1 heterocycles. The average molecular weight is 481 g/mol. The van der Waals surface area contributed by atoms with Crippen LogP contribution in [0.1, 0.15) is 61.1 Å². The van der Waals surface area contributed by atoms with Crippen molar-refractivity contribution in [1.82, 2.24) is 16.3 Å². The zero-order chi connectivity index (χ0) is 23.5. The molecule has 0 bridgehead atoms. The van der Waals surface area contributed by atoms with E-state index in [9.17, 15) is 9.59 Å². The van der Waals surface area contributed by atoms with Crippen molar-refractivity contribution in [1.29, 1.82) is 0 Å². The lowest BCUT2D eigenvalue weighted by Gasteiger charge is -2.20. The van der Waals surface area contributed by atoms with Gasteiger partial charge in [-0.15, -0.1) is 0 Å². The Labute approximate surface area is 196 Å². The van der Waals surface area contributed by atoms with Gasteiger partial charge in [-0.2, -0.15) is 5.10 Å². The van der Waals surface area contributed by atoms with E-state index in [0.717, 1.165) is 12.0 Å². The first kappa shape index (κ1) is 24.1. The largest absolute Gasteiger partial charge is 0.482 e. The number of ether oxygens (including phenoxy) is 1. The Kier molecular flexibility index (Phi) is 7.48. The molecule has 2 aromatic rings. The van der Waals surface area contributed by atoms with Crippen LogP contribution in [0.3, 0.4) is 0 Å². The number of hydrogen-bond donors (Lipinski definition) is 3. The van der Waals surface area contributed by atoms with Crippen LogP contribution >= 0.6 is 23.2 Å². The summed E-state index contributed by atoms with van der Waals surface area (Å²) < 4.78 is 11.3. The molecule has 1 aliphatic rings. The van der Waals surface area contributed by atoms with Gasteiger partial charge in [0.05, 0.1) is 10.7 Å². The smallest absolute Gasteiger partial charge is 0.301 e. The van der Waals surface area contributed by atoms with E-state index >= 15 is 0 Å². The summed E-state index contributed by atoms with van der Waals surface area (Å²) in [5, 5.41) is 5.06. The second-order valence-corrected chi connectivity index (χ2v) is 9.34. The number of amides is 2. The SMILES string of the molecule is Cc1c(C(=O)NNC(C)(C)C)oc2c1/C(=N/NC(=O)COc1ccc(Cl)cc1Cl)CCC2. The van der Waals surface area contributed by atoms with Crippen LogP contribution in [0.4, 0.5) is 0 Å². The minimum absolute atomic E-state index is 0.230. The lowest BCUT2D eigenvalue weighted by Crippen LogP contribution is -2.48. The molecule has 0 saturated carbocycles. The van der Waals surface area contributed by atoms with Crippen molar-refractivity contribution in [3.05, 3.63) is 50.9 Å². The van der Waals surface area contributed by atoms with Crippen LogP contribution in [0.15, 0.2) is 27.7 Å². The van der Waals surface area contributed by atoms with Crippen molar-refractivity contribution in [3.63, 3.8) is 0 Å². The van der Waals surface area contributed by atoms with Gasteiger partial charge in [0.1, 0.15) is 11.5 Å². The molecule has 0 atom stereocenters. The molecular weight excluding hydrogens is 455 g/mol. The summed E-state index contributed by atoms with van der Waals surface area (Å²) in [5.41, 5.74) is 9.93. The lowest BCUT2D eigenvalue weighted by atomic mass is 9.93. The lowest BCUT2D eigenvalue weighted by molar-refractivity contribution is -0.123. The summed E-state index contributed by atoms with van der Waals surface area (Å²) in [6, 6.07) is 4.75. The van der Waals surface area contributed by atoms with Gasteiger partial charge in [0, 0.05) is 28.1 Å². The van der Waals surface area contributed by atoms with Crippen molar-refractivity contribution in [2.45, 2.75) is 52.5 Å². The quantitative estimate of drug-likeness (QED) is 0.538. The van der Waals surface area contributed by atoms with Gasteiger partial charge < -0.3 is 9.15 Å². The van der Waals surface area contributed by atoms with Crippen molar-refractivity contribution >= 4 is 40.7 Å². The highest BCUT2D eigenvalue weighted by Gasteiger charge is 2.28. The predicted molar refractivity (Wildman–Crippen MR) is 123 cm³/mol. The number of nitrogens with zero attached hydrogens (tertiary/aromatic N) is 1. The predicted octanol–water partition coefficient (Wildman–Crippen LogP) is 4.16. The maximum Gasteiger partial charge on any atom is 0.301 e. The second kappa shape index (κ2) is 9.94. The molecule has 10 heteroatoms. The maximum atomic E-state index is 12.6. The molecule has 2 amide bonds. The zero-order valence-electron chi connectivity index (χ0n) is 18.4. The highest BCUT2D eigenvalue weighted by atomic mass is 35.5. The number of hydrazone groups is 1. The van der Waals surface area contributed by atoms with Crippen molar-refractivity contribution < 1.29 is 18.7 Å². The number of benzene rings is 1. The summed E-state index contributed by atoms with van der Waals surface area (Å²) >= 11 is 11.9. The maximum absolute atomic E-state index is 12.6. The standard InChI is InChI=1S/C22H26Cl2N4O4/c1-12-19-15(25-26-18(29)11-31-16-9-8-13(23)10-14(16)24)6-5-7-17(19)32-20(12)21(30)27-28-22(2,3)4/h8-10,28H,5-7,11H2,1-4H3,(H,26,29)(H,27,30)/b25-15+. The van der Waals surface area contributed by atoms with Crippen LogP contribution in [0.25, 0.3) is 0 Å². The Morgan fingerprint density at radius 1 is 1.22 bits per heavy atom. The van der Waals surface area contributed by atoms with Crippen molar-refractivity contribution in [3.8, 4) is 5.75 Å². The number of hydrogen-bond acceptors (Lipinski definition) is 6. The topological polar surface area (TPSA) is 105 Å². The monoisotopic (exact) mass is 480 g/mol. The Hall–Kier alpha value is -2.55. The molecule has 32 heavy (non-hydrogen) atoms. The molecule has 1 aliphatic carbocycles. The highest BCUT2D eigenvalue weighted by Crippen LogP contribution is 2.30. The van der Waals surface area contributed by atoms with Crippen LogP contribution in [0.5, 0.6) is 5.75 Å². The molecule has 0 fully saturated rings. The van der Waals surface area contributed by atoms with Gasteiger partial charge >= 0.3 is 5.91 Å². The minimum Gasteiger partial charge on any atom is -0.482 e. The molecule has 8 nitrogen and oxygen atoms in total. The summed E-state index contributed by atoms with van der Waals surface area (Å²) in [6.07, 6.45) is 2.15. The molecule has 3 rings (SSSR count). The number of rotatable bonds is 6. The first-order valence-electron chi connectivity index (χ1n) is 10.2. The van der Waals surface area contributed by atoms with Crippen LogP contribution in [-0.4, -0.2) is 29.7 Å². The van der Waals surface area contributed by atoms with E-state index in [4.69, 9.17) is 32.4 Å². The van der Waals surface area contributed by atoms with E-state index < -0.39 is 5.91 Å². The molecule has 0 unspecified atom stereocenters. The fourth-order valence-electron chi connectivity index (χ4n) is 3.20. The van der Waals surface area contributed by atoms with Gasteiger partial charge in [0.2, 0.25) is 0 Å². The van der Waals surface area contributed by atoms with Gasteiger partial charge in [-0.25, -0.2) is 10.9 Å². The Morgan fingerprint density at radius 3 is 2.66 bits per heavy atom. The van der Waals surface area contributed by atoms with Crippen LogP contribution < -0.4 is 21.0 Å². The normalized spacial score (nSPS) is 14.8. The van der Waals surface area contributed by atoms with E-state index in [1.807, 2.05) is 27.7 Å². The summed E-state index contributed by atoms with van der Waals surface area (Å²) in [5.74, 6) is 0.469. The van der Waals surface area contributed by atoms with Gasteiger partial charge in [0.15, 0.2) is 12.4 Å². The minimum atomic E-state index is -0.441. The highest BCUT2D eigenvalue weighted by molar-refractivity contribution is 6.35. The van der Waals surface area contributed by atoms with E-state index in [-0.39, 0.29) is 23.8 Å². The molecule has 3 N–H and O–H groups in total. The number of halogens is 2. The van der Waals surface area contributed by atoms with E-state index in [1.165, 1.54) is 6.07 Å². The van der Waals surface area contributed by atoms with E-state index in [0.29, 0.717) is 45.7 Å². The Bertz CT molecular complexity index is 1060. The van der Waals surface area contributed by atoms with Gasteiger partial charge in [-0.05, 0) is 58.7 Å². The molecule has 172 valence electrons. The second-order valence-electron chi connectivity index (χ2n) is 8.49. The molecular formula is C22H26Cl2N4O4. The number of fused-ring (bicyclic) bond motifs is 1. The fourth-order valence-corrected chi connectivity index (χ4v) is 3.66. The summed E-state index contributed by atoms with van der Waals surface area (Å²) in [7, 11) is 0. The van der Waals surface area contributed by atoms with Crippen molar-refractivity contribution in [2.75, 3.05) is 6.61 Å². The van der Waals surface area contributed by atoms with Gasteiger partial charge in [-0.1, -0.05) is 23.2 Å². The molecule has 1 aromatic heterocycles. The van der Waals surface area contributed by atoms with Crippen molar-refractivity contribution in [2.24, 2.45) is 5.10 Å². The third-order valence-electron chi connectivity index (χ3n) is 4.65. The molecule has 0 spiro atoms. The molecule has 0 radical (unpaired) electrons. The van der Waals surface area contributed by atoms with Gasteiger partial charge in [-0.3, -0.25) is 15.0 Å². The Morgan fingerprint density at radius 2 is 1.97 bits per heavy atom. The van der Waals surface area contributed by atoms with Crippen LogP contribution in [0.2, 0.25) is 10.0 Å². The third-order valence-corrected chi connectivity index (χ3v) is 5.18. The van der Waals surface area contributed by atoms with E-state index in [2.05, 4.69) is 21.4 Å². The fraction of sp³-hybridized carbons (Fsp3) is 0.409.